The van der Waals surface area contributed by atoms with E-state index in [1.165, 1.54) is 0 Å². The van der Waals surface area contributed by atoms with Gasteiger partial charge in [-0.1, -0.05) is 19.6 Å². The maximum atomic E-state index is 6.23. The molecule has 0 bridgehead atoms. The Morgan fingerprint density at radius 1 is 1.21 bits per heavy atom. The summed E-state index contributed by atoms with van der Waals surface area (Å²) in [6, 6.07) is 1.04. The number of rotatable bonds is 6. The third kappa shape index (κ3) is 6.19. The van der Waals surface area contributed by atoms with E-state index in [0.29, 0.717) is 0 Å². The van der Waals surface area contributed by atoms with Gasteiger partial charge in [-0.25, -0.2) is 0 Å². The predicted molar refractivity (Wildman–Crippen MR) is 69.9 cm³/mol. The minimum absolute atomic E-state index is 1.04. The summed E-state index contributed by atoms with van der Waals surface area (Å²) in [7, 11) is 0.994. The van der Waals surface area contributed by atoms with E-state index >= 15 is 0 Å². The third-order valence-corrected chi connectivity index (χ3v) is 8.33. The molecule has 0 rings (SSSR count). The Kier molecular flexibility index (Phi) is 5.91. The van der Waals surface area contributed by atoms with Crippen LogP contribution in [0.15, 0.2) is 0 Å². The first-order valence-electron chi connectivity index (χ1n) is 5.14. The molecular weight excluding hydrogens is 230 g/mol. The summed E-state index contributed by atoms with van der Waals surface area (Å²) in [6.07, 6.45) is 1.15. The molecule has 1 atom stereocenters. The van der Waals surface area contributed by atoms with Crippen molar-refractivity contribution in [3.8, 4) is 0 Å². The quantitative estimate of drug-likeness (QED) is 0.533. The first kappa shape index (κ1) is 14.6. The van der Waals surface area contributed by atoms with Crippen molar-refractivity contribution in [2.45, 2.75) is 38.7 Å². The molecule has 14 heavy (non-hydrogen) atoms. The molecule has 86 valence electrons. The van der Waals surface area contributed by atoms with Crippen molar-refractivity contribution in [2.24, 2.45) is 0 Å². The van der Waals surface area contributed by atoms with Crippen molar-refractivity contribution in [1.29, 1.82) is 0 Å². The topological polar surface area (TPSA) is 12.5 Å². The Morgan fingerprint density at radius 2 is 1.71 bits per heavy atom. The lowest BCUT2D eigenvalue weighted by atomic mass is 10.5. The van der Waals surface area contributed by atoms with Gasteiger partial charge in [0, 0.05) is 7.11 Å². The van der Waals surface area contributed by atoms with E-state index < -0.39 is 15.9 Å². The van der Waals surface area contributed by atoms with E-state index in [1.807, 2.05) is 0 Å². The molecule has 0 aliphatic rings. The second-order valence-electron chi connectivity index (χ2n) is 5.00. The number of hydrogen-bond donors (Lipinski definition) is 0. The smallest absolute Gasteiger partial charge is 0.286 e. The molecule has 0 aliphatic carbocycles. The molecule has 0 saturated heterocycles. The van der Waals surface area contributed by atoms with Gasteiger partial charge in [-0.15, -0.1) is 11.1 Å². The van der Waals surface area contributed by atoms with Gasteiger partial charge in [0.1, 0.15) is 8.24 Å². The Balaban J connectivity index is 3.75. The van der Waals surface area contributed by atoms with Crippen molar-refractivity contribution >= 4 is 26.9 Å². The molecular formula is C9H24ClNOSi2. The summed E-state index contributed by atoms with van der Waals surface area (Å²) in [5.74, 6) is 0. The molecule has 0 fully saturated rings. The molecule has 5 heteroatoms. The maximum Gasteiger partial charge on any atom is 0.286 e. The van der Waals surface area contributed by atoms with Crippen LogP contribution in [-0.4, -0.2) is 41.1 Å². The molecule has 2 nitrogen and oxygen atoms in total. The molecule has 0 spiro atoms. The minimum Gasteiger partial charge on any atom is -0.407 e. The van der Waals surface area contributed by atoms with E-state index in [1.54, 1.807) is 7.11 Å². The minimum atomic E-state index is -1.84. The van der Waals surface area contributed by atoms with Crippen LogP contribution in [0.2, 0.25) is 32.2 Å². The van der Waals surface area contributed by atoms with Crippen molar-refractivity contribution in [3.05, 3.63) is 0 Å². The van der Waals surface area contributed by atoms with Crippen molar-refractivity contribution < 1.29 is 4.43 Å². The molecule has 0 amide bonds. The van der Waals surface area contributed by atoms with Gasteiger partial charge in [-0.3, -0.25) is 0 Å². The van der Waals surface area contributed by atoms with E-state index in [-0.39, 0.29) is 0 Å². The Morgan fingerprint density at radius 3 is 2.07 bits per heavy atom. The van der Waals surface area contributed by atoms with Gasteiger partial charge in [0.15, 0.2) is 0 Å². The molecule has 0 heterocycles. The Labute approximate surface area is 95.5 Å². The standard InChI is InChI=1S/C9H24ClNOSi2/c1-11(13(3,4)5)8-7-9-14(6,10)12-2/h7-9H2,1-6H3. The van der Waals surface area contributed by atoms with E-state index in [0.717, 1.165) is 19.0 Å². The van der Waals surface area contributed by atoms with Crippen molar-refractivity contribution in [1.82, 2.24) is 4.57 Å². The number of hydrogen-bond acceptors (Lipinski definition) is 2. The highest BCUT2D eigenvalue weighted by atomic mass is 35.6. The van der Waals surface area contributed by atoms with Crippen LogP contribution in [0.5, 0.6) is 0 Å². The summed E-state index contributed by atoms with van der Waals surface area (Å²) in [6.45, 7) is 10.3. The zero-order valence-corrected chi connectivity index (χ0v) is 13.1. The zero-order chi connectivity index (χ0) is 11.4. The van der Waals surface area contributed by atoms with Crippen LogP contribution in [0.3, 0.4) is 0 Å². The van der Waals surface area contributed by atoms with Crippen LogP contribution in [0, 0.1) is 0 Å². The summed E-state index contributed by atoms with van der Waals surface area (Å²) in [5.41, 5.74) is 0. The normalized spacial score (nSPS) is 17.1. The fourth-order valence-electron chi connectivity index (χ4n) is 1.07. The molecule has 0 N–H and O–H groups in total. The molecule has 0 aromatic rings. The van der Waals surface area contributed by atoms with Crippen LogP contribution in [-0.2, 0) is 4.43 Å². The Bertz CT molecular complexity index is 171. The summed E-state index contributed by atoms with van der Waals surface area (Å²) >= 11 is 6.23. The van der Waals surface area contributed by atoms with E-state index in [4.69, 9.17) is 15.5 Å². The summed E-state index contributed by atoms with van der Waals surface area (Å²) < 4.78 is 7.79. The van der Waals surface area contributed by atoms with Crippen LogP contribution >= 0.6 is 11.1 Å². The first-order chi connectivity index (χ1) is 6.19. The monoisotopic (exact) mass is 253 g/mol. The second kappa shape index (κ2) is 5.65. The SMILES string of the molecule is CO[Si](C)(Cl)CCCN(C)[Si](C)(C)C. The molecule has 0 radical (unpaired) electrons. The fourth-order valence-corrected chi connectivity index (χ4v) is 3.29. The highest BCUT2D eigenvalue weighted by Gasteiger charge is 2.25. The van der Waals surface area contributed by atoms with E-state index in [9.17, 15) is 0 Å². The first-order valence-corrected chi connectivity index (χ1v) is 12.2. The summed E-state index contributed by atoms with van der Waals surface area (Å²) in [4.78, 5) is 0. The van der Waals surface area contributed by atoms with Gasteiger partial charge in [-0.05, 0) is 32.6 Å². The Hall–Kier alpha value is 0.644. The summed E-state index contributed by atoms with van der Waals surface area (Å²) in [5, 5.41) is 0. The van der Waals surface area contributed by atoms with Gasteiger partial charge >= 0.3 is 0 Å². The fraction of sp³-hybridized carbons (Fsp3) is 1.00. The lowest BCUT2D eigenvalue weighted by Crippen LogP contribution is -2.43. The predicted octanol–water partition coefficient (Wildman–Crippen LogP) is 3.10. The van der Waals surface area contributed by atoms with Crippen LogP contribution in [0.4, 0.5) is 0 Å². The number of nitrogens with zero attached hydrogens (tertiary/aromatic N) is 1. The van der Waals surface area contributed by atoms with Gasteiger partial charge in [0.05, 0.1) is 0 Å². The highest BCUT2D eigenvalue weighted by molar-refractivity contribution is 7.16. The average molecular weight is 254 g/mol. The lowest BCUT2D eigenvalue weighted by Gasteiger charge is -2.30. The van der Waals surface area contributed by atoms with Gasteiger partial charge < -0.3 is 8.99 Å². The largest absolute Gasteiger partial charge is 0.407 e. The van der Waals surface area contributed by atoms with Crippen LogP contribution < -0.4 is 0 Å². The molecule has 0 saturated carbocycles. The van der Waals surface area contributed by atoms with Crippen LogP contribution in [0.25, 0.3) is 0 Å². The van der Waals surface area contributed by atoms with Gasteiger partial charge in [0.2, 0.25) is 0 Å². The maximum absolute atomic E-state index is 6.23. The van der Waals surface area contributed by atoms with Crippen LogP contribution in [0.1, 0.15) is 6.42 Å². The van der Waals surface area contributed by atoms with E-state index in [2.05, 4.69) is 37.8 Å². The highest BCUT2D eigenvalue weighted by Crippen LogP contribution is 2.18. The lowest BCUT2D eigenvalue weighted by molar-refractivity contribution is 0.409. The van der Waals surface area contributed by atoms with Crippen molar-refractivity contribution in [3.63, 3.8) is 0 Å². The average Bonchev–Trinajstić information content (AvgIpc) is 2.02. The van der Waals surface area contributed by atoms with Gasteiger partial charge in [-0.2, -0.15) is 0 Å². The number of halogens is 1. The molecule has 1 unspecified atom stereocenters. The van der Waals surface area contributed by atoms with Gasteiger partial charge in [0.25, 0.3) is 7.63 Å². The zero-order valence-electron chi connectivity index (χ0n) is 10.4. The second-order valence-corrected chi connectivity index (χ2v) is 15.6. The third-order valence-electron chi connectivity index (χ3n) is 2.69. The molecule has 0 aliphatic heterocycles. The molecule has 0 aromatic carbocycles. The molecule has 0 aromatic heterocycles. The van der Waals surface area contributed by atoms with Crippen molar-refractivity contribution in [2.75, 3.05) is 20.7 Å².